The maximum atomic E-state index is 11.3. The Morgan fingerprint density at radius 1 is 1.55 bits per heavy atom. The van der Waals surface area contributed by atoms with Gasteiger partial charge in [0.05, 0.1) is 5.92 Å². The summed E-state index contributed by atoms with van der Waals surface area (Å²) in [5.41, 5.74) is 0.0972. The van der Waals surface area contributed by atoms with Gasteiger partial charge in [-0.25, -0.2) is 0 Å². The van der Waals surface area contributed by atoms with Crippen molar-refractivity contribution >= 4 is 27.8 Å². The van der Waals surface area contributed by atoms with E-state index in [4.69, 9.17) is 0 Å². The van der Waals surface area contributed by atoms with Gasteiger partial charge < -0.3 is 0 Å². The second-order valence-corrected chi connectivity index (χ2v) is 6.51. The highest BCUT2D eigenvalue weighted by Crippen LogP contribution is 2.43. The van der Waals surface area contributed by atoms with Gasteiger partial charge in [0.1, 0.15) is 5.78 Å². The quantitative estimate of drug-likeness (QED) is 0.504. The van der Waals surface area contributed by atoms with Crippen LogP contribution in [0, 0.1) is 5.92 Å². The minimum atomic E-state index is -0.682. The summed E-state index contributed by atoms with van der Waals surface area (Å²) >= 11 is 0. The van der Waals surface area contributed by atoms with Crippen LogP contribution in [0.4, 0.5) is 0 Å². The van der Waals surface area contributed by atoms with E-state index >= 15 is 0 Å². The highest BCUT2D eigenvalue weighted by molar-refractivity contribution is 8.21. The van der Waals surface area contributed by atoms with Crippen molar-refractivity contribution in [2.24, 2.45) is 5.92 Å². The molecule has 0 saturated heterocycles. The fourth-order valence-corrected chi connectivity index (χ4v) is 2.28. The van der Waals surface area contributed by atoms with Crippen molar-refractivity contribution in [3.05, 3.63) is 0 Å². The molecule has 11 heavy (non-hydrogen) atoms. The number of carbonyl (C=O) groups excluding carboxylic acids is 2. The SMILES string of the molecule is CCC(C(C)=O)C(=O)P(C)P. The van der Waals surface area contributed by atoms with Crippen molar-refractivity contribution in [2.75, 3.05) is 6.66 Å². The Balaban J connectivity index is 4.27. The number of rotatable bonds is 4. The van der Waals surface area contributed by atoms with Gasteiger partial charge in [0, 0.05) is 0 Å². The first-order chi connectivity index (χ1) is 5.00. The molecule has 0 aliphatic carbocycles. The summed E-state index contributed by atoms with van der Waals surface area (Å²) in [7, 11) is 1.80. The van der Waals surface area contributed by atoms with Crippen molar-refractivity contribution in [2.45, 2.75) is 20.3 Å². The van der Waals surface area contributed by atoms with Gasteiger partial charge in [-0.15, -0.1) is 8.93 Å². The first kappa shape index (κ1) is 11.2. The van der Waals surface area contributed by atoms with Gasteiger partial charge in [-0.2, -0.15) is 0 Å². The molecule has 0 radical (unpaired) electrons. The molecule has 0 aromatic carbocycles. The lowest BCUT2D eigenvalue weighted by molar-refractivity contribution is -0.127. The van der Waals surface area contributed by atoms with Gasteiger partial charge in [-0.05, 0) is 27.6 Å². The van der Waals surface area contributed by atoms with Crippen molar-refractivity contribution in [3.8, 4) is 0 Å². The maximum absolute atomic E-state index is 11.3. The molecule has 2 nitrogen and oxygen atoms in total. The van der Waals surface area contributed by atoms with Crippen molar-refractivity contribution in [1.29, 1.82) is 0 Å². The molecule has 0 aromatic rings. The summed E-state index contributed by atoms with van der Waals surface area (Å²) < 4.78 is 0. The molecule has 0 rings (SSSR count). The Morgan fingerprint density at radius 3 is 2.09 bits per heavy atom. The first-order valence-corrected chi connectivity index (χ1v) is 6.94. The number of hydrogen-bond acceptors (Lipinski definition) is 2. The van der Waals surface area contributed by atoms with E-state index < -0.39 is 7.61 Å². The lowest BCUT2D eigenvalue weighted by atomic mass is 10.0. The van der Waals surface area contributed by atoms with Crippen LogP contribution in [0.2, 0.25) is 0 Å². The first-order valence-electron chi connectivity index (χ1n) is 3.53. The number of Topliss-reactive ketones (excluding diaryl/α,β-unsaturated/α-hetero) is 1. The summed E-state index contributed by atoms with van der Waals surface area (Å²) in [4.78, 5) is 22.2. The van der Waals surface area contributed by atoms with E-state index in [1.54, 1.807) is 0 Å². The monoisotopic (exact) mass is 192 g/mol. The van der Waals surface area contributed by atoms with Gasteiger partial charge in [-0.3, -0.25) is 9.59 Å². The summed E-state index contributed by atoms with van der Waals surface area (Å²) in [5, 5.41) is 0. The standard InChI is InChI=1S/C7H14O2P2/c1-4-6(5(2)8)7(9)11(3)10/h6H,4,10H2,1-3H3. The van der Waals surface area contributed by atoms with Gasteiger partial charge in [0.25, 0.3) is 0 Å². The zero-order chi connectivity index (χ0) is 9.02. The Hall–Kier alpha value is 0.200. The molecular formula is C7H14O2P2. The Labute approximate surface area is 71.0 Å². The Kier molecular flexibility index (Phi) is 5.04. The summed E-state index contributed by atoms with van der Waals surface area (Å²) in [6, 6.07) is 0. The van der Waals surface area contributed by atoms with Gasteiger partial charge in [0.15, 0.2) is 5.52 Å². The third kappa shape index (κ3) is 3.40. The van der Waals surface area contributed by atoms with Crippen LogP contribution in [0.3, 0.4) is 0 Å². The molecule has 0 aliphatic rings. The van der Waals surface area contributed by atoms with Crippen LogP contribution in [-0.4, -0.2) is 18.0 Å². The van der Waals surface area contributed by atoms with E-state index in [0.717, 1.165) is 0 Å². The predicted octanol–water partition coefficient (Wildman–Crippen LogP) is 2.03. The van der Waals surface area contributed by atoms with Crippen LogP contribution in [0.1, 0.15) is 20.3 Å². The van der Waals surface area contributed by atoms with Crippen LogP contribution in [-0.2, 0) is 9.59 Å². The molecule has 0 aromatic heterocycles. The van der Waals surface area contributed by atoms with Crippen molar-refractivity contribution < 1.29 is 9.59 Å². The second-order valence-electron chi connectivity index (χ2n) is 2.52. The molecule has 64 valence electrons. The average molecular weight is 192 g/mol. The molecule has 0 spiro atoms. The van der Waals surface area contributed by atoms with Crippen LogP contribution in [0.5, 0.6) is 0 Å². The number of ketones is 1. The van der Waals surface area contributed by atoms with E-state index in [-0.39, 0.29) is 17.2 Å². The van der Waals surface area contributed by atoms with Crippen molar-refractivity contribution in [1.82, 2.24) is 0 Å². The summed E-state index contributed by atoms with van der Waals surface area (Å²) in [5.74, 6) is -0.363. The molecule has 0 aliphatic heterocycles. The second kappa shape index (κ2) is 4.95. The third-order valence-corrected chi connectivity index (χ3v) is 3.32. The van der Waals surface area contributed by atoms with Crippen LogP contribution in [0.15, 0.2) is 0 Å². The van der Waals surface area contributed by atoms with E-state index in [1.165, 1.54) is 6.92 Å². The summed E-state index contributed by atoms with van der Waals surface area (Å²) in [6.45, 7) is 5.21. The molecule has 0 heterocycles. The summed E-state index contributed by atoms with van der Waals surface area (Å²) in [6.07, 6.45) is 0.634. The van der Waals surface area contributed by atoms with E-state index in [1.807, 2.05) is 13.6 Å². The maximum Gasteiger partial charge on any atom is 0.168 e. The zero-order valence-electron chi connectivity index (χ0n) is 7.13. The molecule has 0 N–H and O–H groups in total. The largest absolute Gasteiger partial charge is 0.299 e. The molecule has 0 bridgehead atoms. The smallest absolute Gasteiger partial charge is 0.168 e. The lowest BCUT2D eigenvalue weighted by Crippen LogP contribution is -2.18. The Bertz CT molecular complexity index is 166. The minimum absolute atomic E-state index is 0.00528. The van der Waals surface area contributed by atoms with Crippen LogP contribution in [0.25, 0.3) is 0 Å². The number of carbonyl (C=O) groups is 2. The minimum Gasteiger partial charge on any atom is -0.299 e. The fourth-order valence-electron chi connectivity index (χ4n) is 0.882. The normalized spacial score (nSPS) is 15.6. The molecule has 3 atom stereocenters. The lowest BCUT2D eigenvalue weighted by Gasteiger charge is -2.11. The van der Waals surface area contributed by atoms with E-state index in [0.29, 0.717) is 6.42 Å². The molecule has 0 amide bonds. The molecule has 4 heteroatoms. The Morgan fingerprint density at radius 2 is 2.00 bits per heavy atom. The van der Waals surface area contributed by atoms with E-state index in [9.17, 15) is 9.59 Å². The third-order valence-electron chi connectivity index (χ3n) is 1.54. The fraction of sp³-hybridized carbons (Fsp3) is 0.714. The van der Waals surface area contributed by atoms with Gasteiger partial charge >= 0.3 is 0 Å². The molecular weight excluding hydrogens is 178 g/mol. The van der Waals surface area contributed by atoms with E-state index in [2.05, 4.69) is 8.93 Å². The highest BCUT2D eigenvalue weighted by Gasteiger charge is 2.23. The van der Waals surface area contributed by atoms with Gasteiger partial charge in [0.2, 0.25) is 0 Å². The van der Waals surface area contributed by atoms with Crippen LogP contribution < -0.4 is 0 Å². The van der Waals surface area contributed by atoms with Crippen molar-refractivity contribution in [3.63, 3.8) is 0 Å². The predicted molar refractivity (Wildman–Crippen MR) is 52.0 cm³/mol. The molecule has 0 fully saturated rings. The average Bonchev–Trinajstić information content (AvgIpc) is 1.88. The molecule has 0 saturated carbocycles. The van der Waals surface area contributed by atoms with Gasteiger partial charge in [-0.1, -0.05) is 6.92 Å². The van der Waals surface area contributed by atoms with Crippen LogP contribution >= 0.6 is 16.5 Å². The number of hydrogen-bond donors (Lipinski definition) is 0. The topological polar surface area (TPSA) is 34.1 Å². The zero-order valence-corrected chi connectivity index (χ0v) is 9.17. The molecule has 3 unspecified atom stereocenters. The highest BCUT2D eigenvalue weighted by atomic mass is 32.0.